The number of fused-ring (bicyclic) bond motifs is 2. The van der Waals surface area contributed by atoms with Crippen LogP contribution in [-0.2, 0) is 32.8 Å². The van der Waals surface area contributed by atoms with Crippen LogP contribution < -0.4 is 10.8 Å². The maximum atomic E-state index is 14.4. The molecule has 8 aromatic carbocycles. The zero-order valence-electron chi connectivity index (χ0n) is 37.4. The van der Waals surface area contributed by atoms with Crippen molar-refractivity contribution in [2.24, 2.45) is 0 Å². The average molecular weight is 893 g/mol. The third-order valence-corrected chi connectivity index (χ3v) is 12.5. The molecule has 0 aliphatic carbocycles. The molecule has 10 aromatic rings. The van der Waals surface area contributed by atoms with Gasteiger partial charge in [-0.25, -0.2) is 4.79 Å². The predicted molar refractivity (Wildman–Crippen MR) is 271 cm³/mol. The molecule has 0 saturated heterocycles. The molecule has 10 rings (SSSR count). The van der Waals surface area contributed by atoms with Crippen molar-refractivity contribution in [1.82, 2.24) is 20.8 Å². The van der Waals surface area contributed by atoms with Crippen LogP contribution >= 0.6 is 0 Å². The van der Waals surface area contributed by atoms with Gasteiger partial charge in [0.05, 0.1) is 5.54 Å². The summed E-state index contributed by atoms with van der Waals surface area (Å²) >= 11 is 0. The molecule has 0 amide bonds. The molecule has 68 heavy (non-hydrogen) atoms. The summed E-state index contributed by atoms with van der Waals surface area (Å²) in [7, 11) is 0. The van der Waals surface area contributed by atoms with Gasteiger partial charge in [0.2, 0.25) is 0 Å². The summed E-state index contributed by atoms with van der Waals surface area (Å²) in [6.45, 7) is 0. The summed E-state index contributed by atoms with van der Waals surface area (Å²) in [5.74, 6) is -1.46. The number of hydrogen-bond donors (Lipinski definition) is 5. The summed E-state index contributed by atoms with van der Waals surface area (Å²) in [5.41, 5.74) is 12.0. The van der Waals surface area contributed by atoms with Gasteiger partial charge in [-0.05, 0) is 56.6 Å². The molecule has 8 heteroatoms. The number of nitrogens with one attached hydrogen (secondary N) is 4. The van der Waals surface area contributed by atoms with Crippen LogP contribution in [0.25, 0.3) is 21.8 Å². The van der Waals surface area contributed by atoms with Crippen LogP contribution in [0.3, 0.4) is 0 Å². The van der Waals surface area contributed by atoms with Crippen molar-refractivity contribution >= 4 is 33.7 Å². The lowest BCUT2D eigenvalue weighted by Crippen LogP contribution is -2.55. The number of hydroxylamine groups is 1. The fourth-order valence-electron chi connectivity index (χ4n) is 9.20. The van der Waals surface area contributed by atoms with E-state index in [2.05, 4.69) is 112 Å². The molecule has 2 atom stereocenters. The maximum absolute atomic E-state index is 14.4. The van der Waals surface area contributed by atoms with Crippen LogP contribution in [0.2, 0.25) is 0 Å². The summed E-state index contributed by atoms with van der Waals surface area (Å²) < 4.78 is 0. The Hall–Kier alpha value is -8.30. The largest absolute Gasteiger partial charge is 0.480 e. The van der Waals surface area contributed by atoms with E-state index in [4.69, 9.17) is 4.84 Å². The first-order chi connectivity index (χ1) is 33.5. The lowest BCUT2D eigenvalue weighted by molar-refractivity contribution is -0.160. The van der Waals surface area contributed by atoms with Crippen molar-refractivity contribution in [2.45, 2.75) is 36.4 Å². The van der Waals surface area contributed by atoms with Crippen molar-refractivity contribution in [3.05, 3.63) is 287 Å². The van der Waals surface area contributed by atoms with Crippen molar-refractivity contribution < 1.29 is 19.5 Å². The standard InChI is InChI=1S/C41H36N4O4.C19H16/c46-39(47)37(24-28-26-42-35-22-12-10-20-33(28)35)45-49-40(48)38(25-29-27-43-36-23-13-11-21-34(29)36)44-41(30-14-4-1-5-15-30,31-16-6-2-7-17-31)32-18-8-3-9-19-32;1-4-10-16(11-5-1)19(17-12-6-2-7-13-17)18-14-8-3-9-15-18/h1-23,26-27,37-38,42-45H,24-25H2,(H,46,47);1-15,19H. The van der Waals surface area contributed by atoms with Crippen molar-refractivity contribution in [3.8, 4) is 0 Å². The summed E-state index contributed by atoms with van der Waals surface area (Å²) in [6, 6.07) is 75.6. The van der Waals surface area contributed by atoms with Gasteiger partial charge in [0.25, 0.3) is 0 Å². The molecule has 2 aromatic heterocycles. The number of aromatic nitrogens is 2. The Kier molecular flexibility index (Phi) is 14.1. The molecule has 0 radical (unpaired) electrons. The Balaban J connectivity index is 0.000000253. The normalized spacial score (nSPS) is 12.2. The fourth-order valence-corrected chi connectivity index (χ4v) is 9.20. The van der Waals surface area contributed by atoms with Gasteiger partial charge < -0.3 is 19.9 Å². The quantitative estimate of drug-likeness (QED) is 0.0487. The molecule has 8 nitrogen and oxygen atoms in total. The summed E-state index contributed by atoms with van der Waals surface area (Å²) in [5, 5.41) is 15.8. The minimum Gasteiger partial charge on any atom is -0.480 e. The highest BCUT2D eigenvalue weighted by Gasteiger charge is 2.41. The molecule has 0 fully saturated rings. The van der Waals surface area contributed by atoms with E-state index < -0.39 is 29.6 Å². The molecule has 2 unspecified atom stereocenters. The van der Waals surface area contributed by atoms with Gasteiger partial charge in [-0.2, -0.15) is 0 Å². The Morgan fingerprint density at radius 1 is 0.456 bits per heavy atom. The molecule has 336 valence electrons. The monoisotopic (exact) mass is 892 g/mol. The van der Waals surface area contributed by atoms with Crippen molar-refractivity contribution in [2.75, 3.05) is 0 Å². The Bertz CT molecular complexity index is 2970. The number of benzene rings is 8. The third-order valence-electron chi connectivity index (χ3n) is 12.5. The smallest absolute Gasteiger partial charge is 0.342 e. The minimum atomic E-state index is -1.18. The van der Waals surface area contributed by atoms with E-state index in [1.165, 1.54) is 16.7 Å². The molecule has 0 aliphatic heterocycles. The molecule has 0 bridgehead atoms. The number of aromatic amines is 2. The molecule has 2 heterocycles. The first kappa shape index (κ1) is 44.9. The first-order valence-electron chi connectivity index (χ1n) is 22.9. The summed E-state index contributed by atoms with van der Waals surface area (Å²) in [4.78, 5) is 39.1. The number of aliphatic carboxylic acids is 1. The lowest BCUT2D eigenvalue weighted by atomic mass is 9.76. The molecule has 0 spiro atoms. The number of carboxylic acid groups (broad SMARTS) is 1. The number of rotatable bonds is 16. The zero-order valence-corrected chi connectivity index (χ0v) is 37.4. The van der Waals surface area contributed by atoms with Crippen LogP contribution in [0.1, 0.15) is 50.4 Å². The lowest BCUT2D eigenvalue weighted by Gasteiger charge is -2.39. The van der Waals surface area contributed by atoms with Crippen molar-refractivity contribution in [3.63, 3.8) is 0 Å². The number of carbonyl (C=O) groups is 2. The zero-order chi connectivity index (χ0) is 46.5. The van der Waals surface area contributed by atoms with Crippen LogP contribution in [-0.4, -0.2) is 39.1 Å². The molecule has 0 saturated carbocycles. The van der Waals surface area contributed by atoms with Crippen LogP contribution in [0, 0.1) is 0 Å². The van der Waals surface area contributed by atoms with E-state index in [9.17, 15) is 14.7 Å². The molecule has 5 N–H and O–H groups in total. The van der Waals surface area contributed by atoms with E-state index >= 15 is 0 Å². The minimum absolute atomic E-state index is 0.106. The highest BCUT2D eigenvalue weighted by molar-refractivity contribution is 5.86. The van der Waals surface area contributed by atoms with Gasteiger partial charge in [0.15, 0.2) is 0 Å². The fraction of sp³-hybridized carbons (Fsp3) is 0.100. The van der Waals surface area contributed by atoms with Gasteiger partial charge in [0.1, 0.15) is 12.1 Å². The SMILES string of the molecule is O=C(O)C(Cc1c[nH]c2ccccc12)NOC(=O)C(Cc1c[nH]c2ccccc12)NC(c1ccccc1)(c1ccccc1)c1ccccc1.c1ccc(C(c2ccccc2)c2ccccc2)cc1. The number of H-pyrrole nitrogens is 2. The van der Waals surface area contributed by atoms with Gasteiger partial charge >= 0.3 is 11.9 Å². The maximum Gasteiger partial charge on any atom is 0.342 e. The van der Waals surface area contributed by atoms with Gasteiger partial charge in [-0.15, -0.1) is 5.48 Å². The second kappa shape index (κ2) is 21.3. The number of hydrogen-bond acceptors (Lipinski definition) is 5. The van der Waals surface area contributed by atoms with E-state index in [1.807, 2.05) is 146 Å². The Morgan fingerprint density at radius 3 is 1.18 bits per heavy atom. The van der Waals surface area contributed by atoms with E-state index in [0.717, 1.165) is 49.6 Å². The third kappa shape index (κ3) is 10.1. The highest BCUT2D eigenvalue weighted by atomic mass is 16.7. The van der Waals surface area contributed by atoms with E-state index in [-0.39, 0.29) is 12.8 Å². The predicted octanol–water partition coefficient (Wildman–Crippen LogP) is 11.8. The molecule has 0 aliphatic rings. The van der Waals surface area contributed by atoms with E-state index in [1.54, 1.807) is 6.20 Å². The van der Waals surface area contributed by atoms with Crippen LogP contribution in [0.4, 0.5) is 0 Å². The topological polar surface area (TPSA) is 119 Å². The second-order valence-corrected chi connectivity index (χ2v) is 16.8. The highest BCUT2D eigenvalue weighted by Crippen LogP contribution is 2.38. The van der Waals surface area contributed by atoms with Crippen LogP contribution in [0.15, 0.2) is 243 Å². The summed E-state index contributed by atoms with van der Waals surface area (Å²) in [6.07, 6.45) is 4.07. The average Bonchev–Trinajstić information content (AvgIpc) is 4.02. The number of para-hydroxylation sites is 2. The Labute approximate surface area is 396 Å². The van der Waals surface area contributed by atoms with Gasteiger partial charge in [0, 0.05) is 53.0 Å². The van der Waals surface area contributed by atoms with Crippen LogP contribution in [0.5, 0.6) is 0 Å². The first-order valence-corrected chi connectivity index (χ1v) is 22.9. The van der Waals surface area contributed by atoms with Gasteiger partial charge in [-0.3, -0.25) is 10.1 Å². The Morgan fingerprint density at radius 2 is 0.794 bits per heavy atom. The molecular weight excluding hydrogens is 841 g/mol. The van der Waals surface area contributed by atoms with Crippen molar-refractivity contribution in [1.29, 1.82) is 0 Å². The molecular formula is C60H52N4O4. The number of carbonyl (C=O) groups excluding carboxylic acids is 1. The number of carboxylic acids is 1. The second-order valence-electron chi connectivity index (χ2n) is 16.8. The van der Waals surface area contributed by atoms with E-state index in [0.29, 0.717) is 5.92 Å². The van der Waals surface area contributed by atoms with Gasteiger partial charge in [-0.1, -0.05) is 218 Å².